The van der Waals surface area contributed by atoms with Crippen molar-refractivity contribution in [2.24, 2.45) is 0 Å². The van der Waals surface area contributed by atoms with E-state index in [0.29, 0.717) is 5.69 Å². The molecule has 0 aliphatic carbocycles. The Kier molecular flexibility index (Phi) is 2.79. The van der Waals surface area contributed by atoms with Crippen molar-refractivity contribution in [3.63, 3.8) is 0 Å². The Morgan fingerprint density at radius 3 is 2.95 bits per heavy atom. The van der Waals surface area contributed by atoms with Gasteiger partial charge in [0.2, 0.25) is 0 Å². The van der Waals surface area contributed by atoms with Gasteiger partial charge in [-0.15, -0.1) is 5.10 Å². The molecule has 2 N–H and O–H groups in total. The van der Waals surface area contributed by atoms with Gasteiger partial charge in [0, 0.05) is 28.9 Å². The molecule has 2 heterocycles. The largest absolute Gasteiger partial charge is 0.463 e. The number of nitrogens with two attached hydrogens (primary N) is 1. The first-order valence-corrected chi connectivity index (χ1v) is 5.83. The number of pyridine rings is 1. The van der Waals surface area contributed by atoms with Gasteiger partial charge in [0.05, 0.1) is 12.8 Å². The number of hydrogen-bond acceptors (Lipinski definition) is 6. The molecule has 0 unspecified atom stereocenters. The summed E-state index contributed by atoms with van der Waals surface area (Å²) >= 11 is 0. The summed E-state index contributed by atoms with van der Waals surface area (Å²) in [5, 5.41) is 5.80. The smallest absolute Gasteiger partial charge is 0.377 e. The van der Waals surface area contributed by atoms with E-state index >= 15 is 0 Å². The van der Waals surface area contributed by atoms with Gasteiger partial charge < -0.3 is 10.5 Å². The summed E-state index contributed by atoms with van der Waals surface area (Å²) in [4.78, 5) is 19.4. The van der Waals surface area contributed by atoms with Gasteiger partial charge in [0.1, 0.15) is 6.33 Å². The second-order valence-electron chi connectivity index (χ2n) is 4.10. The third kappa shape index (κ3) is 1.85. The first kappa shape index (κ1) is 12.1. The molecule has 7 heteroatoms. The number of rotatable bonds is 2. The van der Waals surface area contributed by atoms with E-state index in [-0.39, 0.29) is 5.82 Å². The predicted octanol–water partition coefficient (Wildman–Crippen LogP) is 1.18. The van der Waals surface area contributed by atoms with Crippen LogP contribution in [-0.2, 0) is 4.74 Å². The van der Waals surface area contributed by atoms with E-state index in [2.05, 4.69) is 19.8 Å². The van der Waals surface area contributed by atoms with E-state index in [1.165, 1.54) is 18.1 Å². The maximum absolute atomic E-state index is 11.4. The summed E-state index contributed by atoms with van der Waals surface area (Å²) < 4.78 is 6.09. The number of esters is 1. The second-order valence-corrected chi connectivity index (χ2v) is 4.10. The van der Waals surface area contributed by atoms with Crippen LogP contribution in [0.15, 0.2) is 36.9 Å². The number of methoxy groups -OCH3 is 1. The van der Waals surface area contributed by atoms with Gasteiger partial charge in [-0.1, -0.05) is 0 Å². The number of carbonyl (C=O) groups is 1. The third-order valence-corrected chi connectivity index (χ3v) is 2.94. The minimum absolute atomic E-state index is 0.00605. The number of aromatic nitrogens is 4. The highest BCUT2D eigenvalue weighted by Gasteiger charge is 2.13. The molecule has 0 saturated carbocycles. The minimum atomic E-state index is -0.579. The number of fused-ring (bicyclic) bond motifs is 1. The molecule has 7 nitrogen and oxygen atoms in total. The van der Waals surface area contributed by atoms with Crippen LogP contribution in [0.2, 0.25) is 0 Å². The van der Waals surface area contributed by atoms with Crippen molar-refractivity contribution in [3.8, 4) is 5.69 Å². The lowest BCUT2D eigenvalue weighted by Gasteiger charge is -2.07. The summed E-state index contributed by atoms with van der Waals surface area (Å²) in [5.74, 6) is -0.573. The average molecular weight is 269 g/mol. The molecule has 0 bridgehead atoms. The van der Waals surface area contributed by atoms with Crippen LogP contribution in [0.3, 0.4) is 0 Å². The normalized spacial score (nSPS) is 10.7. The first-order chi connectivity index (χ1) is 9.70. The van der Waals surface area contributed by atoms with Gasteiger partial charge in [-0.3, -0.25) is 4.98 Å². The van der Waals surface area contributed by atoms with Crippen LogP contribution in [0.5, 0.6) is 0 Å². The first-order valence-electron chi connectivity index (χ1n) is 5.83. The van der Waals surface area contributed by atoms with Crippen molar-refractivity contribution in [3.05, 3.63) is 42.7 Å². The lowest BCUT2D eigenvalue weighted by Crippen LogP contribution is -2.05. The molecular formula is C13H11N5O2. The Morgan fingerprint density at radius 2 is 2.15 bits per heavy atom. The number of nitrogen functional groups attached to an aromatic ring is 1. The molecule has 0 spiro atoms. The zero-order valence-electron chi connectivity index (χ0n) is 10.6. The molecule has 20 heavy (non-hydrogen) atoms. The molecule has 0 fully saturated rings. The maximum Gasteiger partial charge on any atom is 0.377 e. The van der Waals surface area contributed by atoms with Gasteiger partial charge in [0.25, 0.3) is 5.82 Å². The lowest BCUT2D eigenvalue weighted by molar-refractivity contribution is 0.0587. The fourth-order valence-corrected chi connectivity index (χ4v) is 1.96. The minimum Gasteiger partial charge on any atom is -0.463 e. The number of hydrogen-bond donors (Lipinski definition) is 1. The predicted molar refractivity (Wildman–Crippen MR) is 72.4 cm³/mol. The summed E-state index contributed by atoms with van der Waals surface area (Å²) in [5.41, 5.74) is 7.31. The van der Waals surface area contributed by atoms with E-state index in [1.807, 2.05) is 12.1 Å². The van der Waals surface area contributed by atoms with Gasteiger partial charge in [0.15, 0.2) is 0 Å². The Bertz CT molecular complexity index is 796. The number of carbonyl (C=O) groups excluding carboxylic acids is 1. The third-order valence-electron chi connectivity index (χ3n) is 2.94. The van der Waals surface area contributed by atoms with Crippen LogP contribution in [0, 0.1) is 0 Å². The summed E-state index contributed by atoms with van der Waals surface area (Å²) in [6, 6.07) is 5.41. The zero-order valence-corrected chi connectivity index (χ0v) is 10.6. The van der Waals surface area contributed by atoms with E-state index in [1.54, 1.807) is 18.5 Å². The molecule has 3 aromatic rings. The Labute approximate surface area is 114 Å². The molecule has 3 rings (SSSR count). The van der Waals surface area contributed by atoms with E-state index in [0.717, 1.165) is 16.5 Å². The molecule has 100 valence electrons. The zero-order chi connectivity index (χ0) is 14.1. The van der Waals surface area contributed by atoms with E-state index in [4.69, 9.17) is 5.73 Å². The molecular weight excluding hydrogens is 258 g/mol. The van der Waals surface area contributed by atoms with Crippen molar-refractivity contribution in [2.45, 2.75) is 0 Å². The molecule has 0 saturated heterocycles. The molecule has 0 amide bonds. The second kappa shape index (κ2) is 4.61. The Morgan fingerprint density at radius 1 is 1.30 bits per heavy atom. The molecule has 1 aromatic carbocycles. The van der Waals surface area contributed by atoms with Crippen LogP contribution in [0.4, 0.5) is 5.69 Å². The van der Waals surface area contributed by atoms with E-state index in [9.17, 15) is 4.79 Å². The number of ether oxygens (including phenoxy) is 1. The average Bonchev–Trinajstić information content (AvgIpc) is 2.97. The highest BCUT2D eigenvalue weighted by molar-refractivity contribution is 5.97. The highest BCUT2D eigenvalue weighted by Crippen LogP contribution is 2.25. The van der Waals surface area contributed by atoms with Crippen LogP contribution in [0.1, 0.15) is 10.6 Å². The van der Waals surface area contributed by atoms with Gasteiger partial charge in [-0.05, 0) is 18.2 Å². The van der Waals surface area contributed by atoms with Crippen molar-refractivity contribution in [1.82, 2.24) is 19.7 Å². The monoisotopic (exact) mass is 269 g/mol. The molecule has 0 aliphatic rings. The summed E-state index contributed by atoms with van der Waals surface area (Å²) in [6.45, 7) is 0. The van der Waals surface area contributed by atoms with Gasteiger partial charge in [-0.25, -0.2) is 14.5 Å². The topological polar surface area (TPSA) is 95.9 Å². The highest BCUT2D eigenvalue weighted by atomic mass is 16.5. The van der Waals surface area contributed by atoms with Crippen LogP contribution >= 0.6 is 0 Å². The van der Waals surface area contributed by atoms with Crippen LogP contribution in [-0.4, -0.2) is 32.8 Å². The lowest BCUT2D eigenvalue weighted by atomic mass is 10.1. The van der Waals surface area contributed by atoms with Crippen LogP contribution in [0.25, 0.3) is 16.5 Å². The number of nitrogens with zero attached hydrogens (tertiary/aromatic N) is 4. The summed E-state index contributed by atoms with van der Waals surface area (Å²) in [7, 11) is 1.29. The van der Waals surface area contributed by atoms with Crippen LogP contribution < -0.4 is 5.73 Å². The van der Waals surface area contributed by atoms with Gasteiger partial charge in [-0.2, -0.15) is 0 Å². The molecule has 0 aliphatic heterocycles. The standard InChI is InChI=1S/C13H11N5O2/c1-20-13(19)12-16-7-18(17-12)11-3-2-10(14)9-6-15-5-4-8(9)11/h2-7H,14H2,1H3. The fraction of sp³-hybridized carbons (Fsp3) is 0.0769. The Balaban J connectivity index is 2.17. The Hall–Kier alpha value is -2.96. The van der Waals surface area contributed by atoms with Crippen molar-refractivity contribution < 1.29 is 9.53 Å². The van der Waals surface area contributed by atoms with Crippen molar-refractivity contribution in [2.75, 3.05) is 12.8 Å². The SMILES string of the molecule is COC(=O)c1ncn(-c2ccc(N)c3cnccc23)n1. The van der Waals surface area contributed by atoms with Gasteiger partial charge >= 0.3 is 5.97 Å². The molecule has 2 aromatic heterocycles. The molecule has 0 atom stereocenters. The van der Waals surface area contributed by atoms with E-state index < -0.39 is 5.97 Å². The fourth-order valence-electron chi connectivity index (χ4n) is 1.96. The maximum atomic E-state index is 11.4. The molecule has 0 radical (unpaired) electrons. The van der Waals surface area contributed by atoms with Crippen molar-refractivity contribution >= 4 is 22.4 Å². The quantitative estimate of drug-likeness (QED) is 0.554. The van der Waals surface area contributed by atoms with Crippen molar-refractivity contribution in [1.29, 1.82) is 0 Å². The number of benzene rings is 1. The number of anilines is 1. The summed E-state index contributed by atoms with van der Waals surface area (Å²) in [6.07, 6.45) is 4.81.